The van der Waals surface area contributed by atoms with Gasteiger partial charge in [-0.05, 0) is 31.0 Å². The van der Waals surface area contributed by atoms with Gasteiger partial charge in [-0.2, -0.15) is 0 Å². The van der Waals surface area contributed by atoms with E-state index < -0.39 is 0 Å². The zero-order chi connectivity index (χ0) is 17.8. The van der Waals surface area contributed by atoms with Gasteiger partial charge in [0, 0.05) is 30.7 Å². The van der Waals surface area contributed by atoms with Crippen molar-refractivity contribution in [2.45, 2.75) is 44.4 Å². The van der Waals surface area contributed by atoms with Crippen LogP contribution in [0.2, 0.25) is 0 Å². The maximum absolute atomic E-state index is 12.6. The number of fused-ring (bicyclic) bond motifs is 1. The van der Waals surface area contributed by atoms with Crippen molar-refractivity contribution in [3.63, 3.8) is 0 Å². The molecule has 1 saturated carbocycles. The fourth-order valence-corrected chi connectivity index (χ4v) is 3.79. The molecule has 3 heterocycles. The Labute approximate surface area is 153 Å². The third-order valence-electron chi connectivity index (χ3n) is 5.20. The average molecular weight is 355 g/mol. The summed E-state index contributed by atoms with van der Waals surface area (Å²) in [5.41, 5.74) is 1.13. The third kappa shape index (κ3) is 3.90. The van der Waals surface area contributed by atoms with Gasteiger partial charge in [0.2, 0.25) is 11.8 Å². The molecule has 1 fully saturated rings. The number of carbonyl (C=O) groups excluding carboxylic acids is 1. The van der Waals surface area contributed by atoms with Crippen LogP contribution in [0.25, 0.3) is 0 Å². The molecule has 1 amide bonds. The van der Waals surface area contributed by atoms with Crippen LogP contribution in [0.3, 0.4) is 0 Å². The van der Waals surface area contributed by atoms with Crippen molar-refractivity contribution in [3.8, 4) is 5.88 Å². The number of nitrogens with zero attached hydrogens (tertiary/aromatic N) is 3. The maximum atomic E-state index is 12.6. The van der Waals surface area contributed by atoms with E-state index in [0.29, 0.717) is 25.6 Å². The van der Waals surface area contributed by atoms with E-state index in [2.05, 4.69) is 21.8 Å². The normalized spacial score (nSPS) is 20.2. The van der Waals surface area contributed by atoms with E-state index in [1.165, 1.54) is 12.8 Å². The number of hydrogen-bond donors (Lipinski definition) is 0. The lowest BCUT2D eigenvalue weighted by molar-refractivity contribution is -0.140. The molecule has 6 heteroatoms. The molecule has 1 aliphatic heterocycles. The Bertz CT molecular complexity index is 725. The van der Waals surface area contributed by atoms with Gasteiger partial charge in [0.1, 0.15) is 13.2 Å². The van der Waals surface area contributed by atoms with Crippen LogP contribution in [0.1, 0.15) is 37.4 Å². The fraction of sp³-hybridized carbons (Fsp3) is 0.500. The third-order valence-corrected chi connectivity index (χ3v) is 5.20. The van der Waals surface area contributed by atoms with Crippen molar-refractivity contribution in [2.24, 2.45) is 0 Å². The van der Waals surface area contributed by atoms with Crippen molar-refractivity contribution in [1.29, 1.82) is 0 Å². The molecule has 1 unspecified atom stereocenters. The van der Waals surface area contributed by atoms with E-state index in [9.17, 15) is 4.79 Å². The lowest BCUT2D eigenvalue weighted by atomic mass is 10.2. The first kappa shape index (κ1) is 17.1. The largest absolute Gasteiger partial charge is 0.475 e. The summed E-state index contributed by atoms with van der Waals surface area (Å²) in [6, 6.07) is 9.77. The molecule has 0 saturated heterocycles. The fourth-order valence-electron chi connectivity index (χ4n) is 3.79. The first-order chi connectivity index (χ1) is 12.8. The predicted octanol–water partition coefficient (Wildman–Crippen LogP) is 2.80. The van der Waals surface area contributed by atoms with E-state index in [4.69, 9.17) is 9.47 Å². The number of rotatable bonds is 6. The van der Waals surface area contributed by atoms with E-state index in [0.717, 1.165) is 18.5 Å². The molecular formula is C20H25N3O3. The highest BCUT2D eigenvalue weighted by Crippen LogP contribution is 2.24. The van der Waals surface area contributed by atoms with E-state index in [1.54, 1.807) is 6.20 Å². The molecule has 1 atom stereocenters. The summed E-state index contributed by atoms with van der Waals surface area (Å²) < 4.78 is 13.9. The Kier molecular flexibility index (Phi) is 5.20. The Balaban J connectivity index is 1.38. The number of pyridine rings is 1. The van der Waals surface area contributed by atoms with Gasteiger partial charge in [-0.3, -0.25) is 4.79 Å². The molecule has 0 spiro atoms. The first-order valence-corrected chi connectivity index (χ1v) is 9.38. The lowest BCUT2D eigenvalue weighted by Gasteiger charge is -2.35. The molecule has 2 aromatic heterocycles. The second-order valence-corrected chi connectivity index (χ2v) is 7.03. The summed E-state index contributed by atoms with van der Waals surface area (Å²) in [7, 11) is 0. The highest BCUT2D eigenvalue weighted by Gasteiger charge is 2.28. The first-order valence-electron chi connectivity index (χ1n) is 9.38. The number of carbonyl (C=O) groups is 1. The van der Waals surface area contributed by atoms with Crippen LogP contribution in [0.5, 0.6) is 5.88 Å². The van der Waals surface area contributed by atoms with Gasteiger partial charge in [0.15, 0.2) is 0 Å². The Morgan fingerprint density at radius 3 is 2.88 bits per heavy atom. The van der Waals surface area contributed by atoms with Crippen molar-refractivity contribution in [3.05, 3.63) is 48.4 Å². The molecule has 0 aromatic carbocycles. The van der Waals surface area contributed by atoms with Crippen LogP contribution in [0, 0.1) is 0 Å². The maximum Gasteiger partial charge on any atom is 0.249 e. The zero-order valence-electron chi connectivity index (χ0n) is 14.9. The molecule has 6 nitrogen and oxygen atoms in total. The van der Waals surface area contributed by atoms with Gasteiger partial charge in [-0.1, -0.05) is 18.9 Å². The van der Waals surface area contributed by atoms with Gasteiger partial charge in [-0.15, -0.1) is 0 Å². The molecule has 26 heavy (non-hydrogen) atoms. The SMILES string of the molecule is O=C(COC1CCCC1)N1Cc2cccn2C(COc2ccccn2)C1. The summed E-state index contributed by atoms with van der Waals surface area (Å²) in [5.74, 6) is 0.668. The molecule has 0 N–H and O–H groups in total. The summed E-state index contributed by atoms with van der Waals surface area (Å²) in [4.78, 5) is 18.7. The molecule has 138 valence electrons. The summed E-state index contributed by atoms with van der Waals surface area (Å²) in [6.07, 6.45) is 8.61. The molecule has 4 rings (SSSR count). The monoisotopic (exact) mass is 355 g/mol. The second kappa shape index (κ2) is 7.91. The van der Waals surface area contributed by atoms with Crippen LogP contribution in [0.15, 0.2) is 42.7 Å². The highest BCUT2D eigenvalue weighted by molar-refractivity contribution is 5.77. The van der Waals surface area contributed by atoms with E-state index >= 15 is 0 Å². The molecule has 1 aliphatic carbocycles. The van der Waals surface area contributed by atoms with E-state index in [-0.39, 0.29) is 24.7 Å². The molecule has 0 radical (unpaired) electrons. The summed E-state index contributed by atoms with van der Waals surface area (Å²) in [6.45, 7) is 1.91. The quantitative estimate of drug-likeness (QED) is 0.800. The molecular weight excluding hydrogens is 330 g/mol. The topological polar surface area (TPSA) is 56.6 Å². The van der Waals surface area contributed by atoms with Gasteiger partial charge < -0.3 is 18.9 Å². The van der Waals surface area contributed by atoms with Crippen molar-refractivity contribution in [1.82, 2.24) is 14.5 Å². The average Bonchev–Trinajstić information content (AvgIpc) is 3.36. The minimum atomic E-state index is 0.0622. The Hall–Kier alpha value is -2.34. The minimum Gasteiger partial charge on any atom is -0.475 e. The second-order valence-electron chi connectivity index (χ2n) is 7.03. The van der Waals surface area contributed by atoms with Crippen LogP contribution < -0.4 is 4.74 Å². The van der Waals surface area contributed by atoms with Crippen molar-refractivity contribution in [2.75, 3.05) is 19.8 Å². The van der Waals surface area contributed by atoms with Crippen LogP contribution >= 0.6 is 0 Å². The van der Waals surface area contributed by atoms with Gasteiger partial charge in [-0.25, -0.2) is 4.98 Å². The Morgan fingerprint density at radius 2 is 2.08 bits per heavy atom. The number of ether oxygens (including phenoxy) is 2. The number of amides is 1. The van der Waals surface area contributed by atoms with Crippen LogP contribution in [-0.2, 0) is 16.1 Å². The molecule has 0 bridgehead atoms. The standard InChI is InChI=1S/C20H25N3O3/c24-20(15-25-18-7-1-2-8-18)22-12-16-6-5-11-23(16)17(13-22)14-26-19-9-3-4-10-21-19/h3-6,9-11,17-18H,1-2,7-8,12-15H2. The van der Waals surface area contributed by atoms with E-state index in [1.807, 2.05) is 29.2 Å². The predicted molar refractivity (Wildman–Crippen MR) is 96.8 cm³/mol. The lowest BCUT2D eigenvalue weighted by Crippen LogP contribution is -2.44. The number of hydrogen-bond acceptors (Lipinski definition) is 4. The van der Waals surface area contributed by atoms with Gasteiger partial charge >= 0.3 is 0 Å². The Morgan fingerprint density at radius 1 is 1.19 bits per heavy atom. The molecule has 2 aromatic rings. The van der Waals surface area contributed by atoms with Crippen molar-refractivity contribution >= 4 is 5.91 Å². The van der Waals surface area contributed by atoms with Gasteiger partial charge in [0.05, 0.1) is 18.7 Å². The minimum absolute atomic E-state index is 0.0622. The van der Waals surface area contributed by atoms with Crippen LogP contribution in [-0.4, -0.2) is 46.2 Å². The van der Waals surface area contributed by atoms with Gasteiger partial charge in [0.25, 0.3) is 0 Å². The van der Waals surface area contributed by atoms with Crippen molar-refractivity contribution < 1.29 is 14.3 Å². The number of aromatic nitrogens is 2. The highest BCUT2D eigenvalue weighted by atomic mass is 16.5. The smallest absolute Gasteiger partial charge is 0.249 e. The van der Waals surface area contributed by atoms with Crippen LogP contribution in [0.4, 0.5) is 0 Å². The summed E-state index contributed by atoms with van der Waals surface area (Å²) in [5, 5.41) is 0. The molecule has 2 aliphatic rings. The zero-order valence-corrected chi connectivity index (χ0v) is 14.9. The summed E-state index contributed by atoms with van der Waals surface area (Å²) >= 11 is 0.